The van der Waals surface area contributed by atoms with Crippen LogP contribution in [-0.4, -0.2) is 49.3 Å². The van der Waals surface area contributed by atoms with Gasteiger partial charge in [-0.3, -0.25) is 0 Å². The molecule has 1 aliphatic heterocycles. The number of pyridine rings is 1. The molecule has 1 saturated heterocycles. The number of hydrogen-bond acceptors (Lipinski definition) is 4. The van der Waals surface area contributed by atoms with Crippen molar-refractivity contribution in [3.63, 3.8) is 0 Å². The van der Waals surface area contributed by atoms with Crippen molar-refractivity contribution in [1.82, 2.24) is 15.6 Å². The van der Waals surface area contributed by atoms with Gasteiger partial charge in [0.2, 0.25) is 0 Å². The second kappa shape index (κ2) is 13.2. The molecule has 2 rings (SSSR count). The van der Waals surface area contributed by atoms with Gasteiger partial charge in [-0.15, -0.1) is 24.0 Å². The Morgan fingerprint density at radius 2 is 1.96 bits per heavy atom. The van der Waals surface area contributed by atoms with E-state index in [0.717, 1.165) is 55.9 Å². The van der Waals surface area contributed by atoms with E-state index in [-0.39, 0.29) is 36.2 Å². The van der Waals surface area contributed by atoms with Gasteiger partial charge in [0.1, 0.15) is 5.82 Å². The molecule has 2 N–H and O–H groups in total. The van der Waals surface area contributed by atoms with Gasteiger partial charge in [-0.2, -0.15) is 0 Å². The Morgan fingerprint density at radius 1 is 1.25 bits per heavy atom. The highest BCUT2D eigenvalue weighted by atomic mass is 127. The van der Waals surface area contributed by atoms with Crippen molar-refractivity contribution in [2.45, 2.75) is 66.2 Å². The molecular weight excluding hydrogens is 465 g/mol. The summed E-state index contributed by atoms with van der Waals surface area (Å²) in [5, 5.41) is 6.73. The molecule has 2 heterocycles. The lowest BCUT2D eigenvalue weighted by atomic mass is 10.1. The Balaban J connectivity index is 0.00000392. The lowest BCUT2D eigenvalue weighted by Gasteiger charge is -2.36. The van der Waals surface area contributed by atoms with Gasteiger partial charge in [0, 0.05) is 32.4 Å². The van der Waals surface area contributed by atoms with E-state index in [1.807, 2.05) is 6.20 Å². The molecule has 2 unspecified atom stereocenters. The quantitative estimate of drug-likeness (QED) is 0.245. The molecule has 0 spiro atoms. The monoisotopic (exact) mass is 503 g/mol. The van der Waals surface area contributed by atoms with Crippen molar-refractivity contribution < 1.29 is 4.74 Å². The third kappa shape index (κ3) is 8.94. The number of rotatable bonds is 8. The maximum atomic E-state index is 5.80. The van der Waals surface area contributed by atoms with Crippen molar-refractivity contribution in [1.29, 1.82) is 0 Å². The van der Waals surface area contributed by atoms with Crippen molar-refractivity contribution in [3.8, 4) is 0 Å². The van der Waals surface area contributed by atoms with E-state index in [9.17, 15) is 0 Å². The molecule has 1 fully saturated rings. The number of halogens is 1. The van der Waals surface area contributed by atoms with E-state index < -0.39 is 0 Å². The molecule has 1 aliphatic rings. The number of ether oxygens (including phenoxy) is 1. The first-order chi connectivity index (χ1) is 13.0. The normalized spacial score (nSPS) is 20.1. The Morgan fingerprint density at radius 3 is 2.54 bits per heavy atom. The summed E-state index contributed by atoms with van der Waals surface area (Å²) in [5.41, 5.74) is 1.12. The highest BCUT2D eigenvalue weighted by molar-refractivity contribution is 14.0. The summed E-state index contributed by atoms with van der Waals surface area (Å²) >= 11 is 0. The number of hydrogen-bond donors (Lipinski definition) is 2. The van der Waals surface area contributed by atoms with E-state index in [2.05, 4.69) is 72.3 Å². The first-order valence-corrected chi connectivity index (χ1v) is 10.4. The van der Waals surface area contributed by atoms with E-state index >= 15 is 0 Å². The molecule has 0 aliphatic carbocycles. The fourth-order valence-corrected chi connectivity index (χ4v) is 3.29. The third-order valence-corrected chi connectivity index (χ3v) is 4.57. The molecule has 1 aromatic heterocycles. The van der Waals surface area contributed by atoms with Crippen LogP contribution in [0.3, 0.4) is 0 Å². The Labute approximate surface area is 187 Å². The molecular formula is C21H38IN5O. The van der Waals surface area contributed by atoms with Crippen LogP contribution < -0.4 is 15.5 Å². The number of aromatic nitrogens is 1. The van der Waals surface area contributed by atoms with Crippen LogP contribution in [0.4, 0.5) is 5.82 Å². The zero-order chi connectivity index (χ0) is 19.6. The second-order valence-electron chi connectivity index (χ2n) is 7.84. The fourth-order valence-electron chi connectivity index (χ4n) is 3.29. The van der Waals surface area contributed by atoms with Crippen LogP contribution in [-0.2, 0) is 11.3 Å². The Kier molecular flexibility index (Phi) is 11.8. The number of nitrogens with zero attached hydrogens (tertiary/aromatic N) is 3. The smallest absolute Gasteiger partial charge is 0.191 e. The van der Waals surface area contributed by atoms with Gasteiger partial charge in [0.15, 0.2) is 5.96 Å². The number of nitrogens with one attached hydrogen (secondary N) is 2. The predicted molar refractivity (Wildman–Crippen MR) is 129 cm³/mol. The van der Waals surface area contributed by atoms with Crippen LogP contribution in [0, 0.1) is 5.92 Å². The maximum Gasteiger partial charge on any atom is 0.191 e. The summed E-state index contributed by atoms with van der Waals surface area (Å²) in [5.74, 6) is 2.64. The topological polar surface area (TPSA) is 61.8 Å². The zero-order valence-corrected chi connectivity index (χ0v) is 20.4. The highest BCUT2D eigenvalue weighted by Gasteiger charge is 2.22. The minimum atomic E-state index is 0. The molecule has 1 aromatic rings. The molecule has 0 amide bonds. The zero-order valence-electron chi connectivity index (χ0n) is 18.1. The second-order valence-corrected chi connectivity index (χ2v) is 7.84. The van der Waals surface area contributed by atoms with Crippen molar-refractivity contribution in [2.75, 3.05) is 31.1 Å². The van der Waals surface area contributed by atoms with Crippen molar-refractivity contribution >= 4 is 35.8 Å². The van der Waals surface area contributed by atoms with E-state index in [1.165, 1.54) is 6.42 Å². The molecule has 6 nitrogen and oxygen atoms in total. The van der Waals surface area contributed by atoms with Crippen LogP contribution in [0.1, 0.15) is 53.0 Å². The van der Waals surface area contributed by atoms with E-state index in [1.54, 1.807) is 0 Å². The molecule has 0 saturated carbocycles. The standard InChI is InChI=1S/C21H37N5O.HI/c1-6-22-21(23-11-7-8-16(2)3)25-13-19-9-10-20(24-12-19)26-14-17(4)27-18(5)15-26;/h9-10,12,16-18H,6-8,11,13-15H2,1-5H3,(H2,22,23,25);1H. The third-order valence-electron chi connectivity index (χ3n) is 4.57. The van der Waals surface area contributed by atoms with Gasteiger partial charge in [-0.25, -0.2) is 9.98 Å². The molecule has 0 bridgehead atoms. The molecule has 28 heavy (non-hydrogen) atoms. The minimum Gasteiger partial charge on any atom is -0.372 e. The molecule has 2 atom stereocenters. The largest absolute Gasteiger partial charge is 0.372 e. The average molecular weight is 503 g/mol. The first kappa shape index (κ1) is 24.9. The Bertz CT molecular complexity index is 569. The van der Waals surface area contributed by atoms with E-state index in [0.29, 0.717) is 6.54 Å². The van der Waals surface area contributed by atoms with E-state index in [4.69, 9.17) is 4.74 Å². The lowest BCUT2D eigenvalue weighted by Crippen LogP contribution is -2.45. The summed E-state index contributed by atoms with van der Waals surface area (Å²) in [6.45, 7) is 15.1. The summed E-state index contributed by atoms with van der Waals surface area (Å²) in [6, 6.07) is 4.22. The Hall–Kier alpha value is -1.09. The summed E-state index contributed by atoms with van der Waals surface area (Å²) in [6.07, 6.45) is 4.81. The highest BCUT2D eigenvalue weighted by Crippen LogP contribution is 2.18. The molecule has 160 valence electrons. The van der Waals surface area contributed by atoms with Gasteiger partial charge in [0.05, 0.1) is 18.8 Å². The van der Waals surface area contributed by atoms with Crippen LogP contribution in [0.5, 0.6) is 0 Å². The van der Waals surface area contributed by atoms with Gasteiger partial charge >= 0.3 is 0 Å². The minimum absolute atomic E-state index is 0. The van der Waals surface area contributed by atoms with Crippen LogP contribution >= 0.6 is 24.0 Å². The van der Waals surface area contributed by atoms with Crippen molar-refractivity contribution in [2.24, 2.45) is 10.9 Å². The fraction of sp³-hybridized carbons (Fsp3) is 0.714. The van der Waals surface area contributed by atoms with Gasteiger partial charge in [0.25, 0.3) is 0 Å². The number of aliphatic imine (C=N–C) groups is 1. The molecule has 0 radical (unpaired) electrons. The van der Waals surface area contributed by atoms with Gasteiger partial charge in [-0.1, -0.05) is 19.9 Å². The van der Waals surface area contributed by atoms with Gasteiger partial charge in [-0.05, 0) is 51.2 Å². The van der Waals surface area contributed by atoms with Crippen molar-refractivity contribution in [3.05, 3.63) is 23.9 Å². The van der Waals surface area contributed by atoms with Crippen LogP contribution in [0.15, 0.2) is 23.3 Å². The summed E-state index contributed by atoms with van der Waals surface area (Å²) in [7, 11) is 0. The van der Waals surface area contributed by atoms with Gasteiger partial charge < -0.3 is 20.3 Å². The maximum absolute atomic E-state index is 5.80. The number of anilines is 1. The number of morpholine rings is 1. The lowest BCUT2D eigenvalue weighted by molar-refractivity contribution is -0.00545. The van der Waals surface area contributed by atoms with Crippen LogP contribution in [0.2, 0.25) is 0 Å². The average Bonchev–Trinajstić information content (AvgIpc) is 2.62. The molecule has 7 heteroatoms. The summed E-state index contributed by atoms with van der Waals surface area (Å²) in [4.78, 5) is 11.6. The SMILES string of the molecule is CCNC(=NCc1ccc(N2CC(C)OC(C)C2)nc1)NCCCC(C)C.I. The predicted octanol–water partition coefficient (Wildman–Crippen LogP) is 3.80. The number of guanidine groups is 1. The summed E-state index contributed by atoms with van der Waals surface area (Å²) < 4.78 is 5.80. The first-order valence-electron chi connectivity index (χ1n) is 10.4. The van der Waals surface area contributed by atoms with Crippen LogP contribution in [0.25, 0.3) is 0 Å². The molecule has 0 aromatic carbocycles.